The predicted octanol–water partition coefficient (Wildman–Crippen LogP) is 3.70. The summed E-state index contributed by atoms with van der Waals surface area (Å²) in [6, 6.07) is 9.36. The van der Waals surface area contributed by atoms with Gasteiger partial charge in [-0.15, -0.1) is 22.7 Å². The molecule has 0 atom stereocenters. The molecule has 8 heteroatoms. The van der Waals surface area contributed by atoms with Crippen LogP contribution in [0.25, 0.3) is 15.7 Å². The van der Waals surface area contributed by atoms with E-state index in [9.17, 15) is 4.79 Å². The molecular weight excluding hydrogens is 342 g/mol. The molecule has 0 saturated heterocycles. The number of carbonyl (C=O) groups excluding carboxylic acids is 1. The summed E-state index contributed by atoms with van der Waals surface area (Å²) in [4.78, 5) is 22.0. The topological polar surface area (TPSA) is 72.7 Å². The van der Waals surface area contributed by atoms with Crippen molar-refractivity contribution < 1.29 is 4.79 Å². The van der Waals surface area contributed by atoms with Crippen molar-refractivity contribution in [2.75, 3.05) is 5.32 Å². The highest BCUT2D eigenvalue weighted by Gasteiger charge is 2.13. The van der Waals surface area contributed by atoms with Gasteiger partial charge in [0.2, 0.25) is 0 Å². The summed E-state index contributed by atoms with van der Waals surface area (Å²) < 4.78 is 1.65. The molecule has 24 heavy (non-hydrogen) atoms. The number of hydrogen-bond acceptors (Lipinski definition) is 6. The van der Waals surface area contributed by atoms with E-state index >= 15 is 0 Å². The summed E-state index contributed by atoms with van der Waals surface area (Å²) in [5, 5.41) is 11.5. The zero-order chi connectivity index (χ0) is 16.4. The van der Waals surface area contributed by atoms with E-state index in [1.54, 1.807) is 45.9 Å². The van der Waals surface area contributed by atoms with Gasteiger partial charge >= 0.3 is 0 Å². The van der Waals surface area contributed by atoms with Crippen molar-refractivity contribution in [3.8, 4) is 15.7 Å². The van der Waals surface area contributed by atoms with E-state index in [1.165, 1.54) is 11.3 Å². The number of nitrogens with one attached hydrogen (secondary N) is 1. The first-order valence-electron chi connectivity index (χ1n) is 7.06. The maximum atomic E-state index is 12.3. The molecule has 1 amide bonds. The normalized spacial score (nSPS) is 10.7. The molecule has 0 radical (unpaired) electrons. The molecule has 4 heterocycles. The van der Waals surface area contributed by atoms with E-state index in [4.69, 9.17) is 0 Å². The predicted molar refractivity (Wildman–Crippen MR) is 94.7 cm³/mol. The summed E-state index contributed by atoms with van der Waals surface area (Å²) in [5.74, 6) is 0.439. The molecule has 0 fully saturated rings. The highest BCUT2D eigenvalue weighted by molar-refractivity contribution is 7.20. The molecule has 1 N–H and O–H groups in total. The lowest BCUT2D eigenvalue weighted by Gasteiger charge is -2.04. The summed E-state index contributed by atoms with van der Waals surface area (Å²) in [7, 11) is 0. The van der Waals surface area contributed by atoms with E-state index in [1.807, 2.05) is 29.8 Å². The Balaban J connectivity index is 1.48. The van der Waals surface area contributed by atoms with Gasteiger partial charge in [-0.05, 0) is 29.6 Å². The molecule has 0 aliphatic rings. The molecule has 4 aromatic rings. The van der Waals surface area contributed by atoms with Crippen LogP contribution in [0.5, 0.6) is 0 Å². The third-order valence-corrected chi connectivity index (χ3v) is 5.10. The number of carbonyl (C=O) groups is 1. The molecule has 0 unspecified atom stereocenters. The van der Waals surface area contributed by atoms with Gasteiger partial charge in [0.05, 0.1) is 16.8 Å². The smallest absolute Gasteiger partial charge is 0.275 e. The first-order chi connectivity index (χ1) is 11.8. The number of thiophene rings is 1. The van der Waals surface area contributed by atoms with Crippen LogP contribution in [-0.4, -0.2) is 25.7 Å². The highest BCUT2D eigenvalue weighted by atomic mass is 32.1. The maximum Gasteiger partial charge on any atom is 0.275 e. The average Bonchev–Trinajstić information content (AvgIpc) is 3.35. The number of amides is 1. The van der Waals surface area contributed by atoms with Gasteiger partial charge in [0.1, 0.15) is 10.7 Å². The molecule has 118 valence electrons. The van der Waals surface area contributed by atoms with Crippen LogP contribution < -0.4 is 5.32 Å². The van der Waals surface area contributed by atoms with Crippen molar-refractivity contribution in [3.63, 3.8) is 0 Å². The van der Waals surface area contributed by atoms with E-state index in [0.717, 1.165) is 9.88 Å². The summed E-state index contributed by atoms with van der Waals surface area (Å²) in [6.45, 7) is 0. The molecule has 0 saturated carbocycles. The SMILES string of the molecule is O=C(Nc1ccc(-n2cccn2)nc1)c1csc(-c2cccs2)n1. The Labute approximate surface area is 145 Å². The number of pyridine rings is 1. The fraction of sp³-hybridized carbons (Fsp3) is 0. The second-order valence-electron chi connectivity index (χ2n) is 4.83. The Bertz CT molecular complexity index is 943. The Hall–Kier alpha value is -2.84. The monoisotopic (exact) mass is 353 g/mol. The summed E-state index contributed by atoms with van der Waals surface area (Å²) in [5.41, 5.74) is 1.01. The Morgan fingerprint density at radius 2 is 2.12 bits per heavy atom. The first kappa shape index (κ1) is 14.7. The molecule has 0 spiro atoms. The lowest BCUT2D eigenvalue weighted by Crippen LogP contribution is -2.12. The van der Waals surface area contributed by atoms with Gasteiger partial charge in [0.15, 0.2) is 5.82 Å². The van der Waals surface area contributed by atoms with Crippen LogP contribution in [0, 0.1) is 0 Å². The molecule has 0 aromatic carbocycles. The lowest BCUT2D eigenvalue weighted by molar-refractivity contribution is 0.102. The van der Waals surface area contributed by atoms with Crippen molar-refractivity contribution in [3.05, 3.63) is 65.4 Å². The van der Waals surface area contributed by atoms with Crippen LogP contribution in [0.2, 0.25) is 0 Å². The van der Waals surface area contributed by atoms with Gasteiger partial charge < -0.3 is 5.32 Å². The van der Waals surface area contributed by atoms with Crippen molar-refractivity contribution in [2.24, 2.45) is 0 Å². The van der Waals surface area contributed by atoms with E-state index in [0.29, 0.717) is 17.2 Å². The third kappa shape index (κ3) is 2.97. The molecule has 0 aliphatic heterocycles. The fourth-order valence-electron chi connectivity index (χ4n) is 2.09. The second-order valence-corrected chi connectivity index (χ2v) is 6.63. The fourth-order valence-corrected chi connectivity index (χ4v) is 3.70. The quantitative estimate of drug-likeness (QED) is 0.607. The molecule has 4 aromatic heterocycles. The van der Waals surface area contributed by atoms with Gasteiger partial charge in [-0.2, -0.15) is 5.10 Å². The highest BCUT2D eigenvalue weighted by Crippen LogP contribution is 2.28. The second kappa shape index (κ2) is 6.34. The van der Waals surface area contributed by atoms with Crippen LogP contribution in [0.3, 0.4) is 0 Å². The standard InChI is InChI=1S/C16H11N5OS2/c22-15(12-10-24-16(20-12)13-3-1-8-23-13)19-11-4-5-14(17-9-11)21-7-2-6-18-21/h1-10H,(H,19,22). The van der Waals surface area contributed by atoms with Gasteiger partial charge in [0.25, 0.3) is 5.91 Å². The molecule has 6 nitrogen and oxygen atoms in total. The van der Waals surface area contributed by atoms with E-state index in [2.05, 4.69) is 20.4 Å². The Morgan fingerprint density at radius 3 is 2.83 bits per heavy atom. The number of anilines is 1. The van der Waals surface area contributed by atoms with Crippen LogP contribution in [0.15, 0.2) is 59.7 Å². The van der Waals surface area contributed by atoms with E-state index in [-0.39, 0.29) is 5.91 Å². The molecule has 0 bridgehead atoms. The first-order valence-corrected chi connectivity index (χ1v) is 8.82. The Morgan fingerprint density at radius 1 is 1.17 bits per heavy atom. The molecule has 4 rings (SSSR count). The van der Waals surface area contributed by atoms with Crippen LogP contribution in [0.4, 0.5) is 5.69 Å². The number of hydrogen-bond donors (Lipinski definition) is 1. The van der Waals surface area contributed by atoms with Gasteiger partial charge in [-0.1, -0.05) is 6.07 Å². The minimum Gasteiger partial charge on any atom is -0.319 e. The van der Waals surface area contributed by atoms with Gasteiger partial charge in [0, 0.05) is 17.8 Å². The lowest BCUT2D eigenvalue weighted by atomic mass is 10.3. The third-order valence-electron chi connectivity index (χ3n) is 3.21. The van der Waals surface area contributed by atoms with Crippen molar-refractivity contribution >= 4 is 34.3 Å². The number of thiazole rings is 1. The largest absolute Gasteiger partial charge is 0.319 e. The minimum atomic E-state index is -0.248. The number of rotatable bonds is 4. The van der Waals surface area contributed by atoms with Gasteiger partial charge in [-0.25, -0.2) is 14.6 Å². The number of aromatic nitrogens is 4. The summed E-state index contributed by atoms with van der Waals surface area (Å²) in [6.07, 6.45) is 5.09. The van der Waals surface area contributed by atoms with Crippen LogP contribution in [0.1, 0.15) is 10.5 Å². The number of nitrogens with zero attached hydrogens (tertiary/aromatic N) is 4. The molecule has 0 aliphatic carbocycles. The zero-order valence-corrected chi connectivity index (χ0v) is 13.9. The van der Waals surface area contributed by atoms with Crippen LogP contribution >= 0.6 is 22.7 Å². The summed E-state index contributed by atoms with van der Waals surface area (Å²) >= 11 is 3.06. The maximum absolute atomic E-state index is 12.3. The van der Waals surface area contributed by atoms with Crippen LogP contribution in [-0.2, 0) is 0 Å². The average molecular weight is 353 g/mol. The zero-order valence-electron chi connectivity index (χ0n) is 12.3. The van der Waals surface area contributed by atoms with Crippen molar-refractivity contribution in [1.29, 1.82) is 0 Å². The van der Waals surface area contributed by atoms with Crippen molar-refractivity contribution in [2.45, 2.75) is 0 Å². The van der Waals surface area contributed by atoms with Gasteiger partial charge in [-0.3, -0.25) is 4.79 Å². The van der Waals surface area contributed by atoms with E-state index < -0.39 is 0 Å². The molecular formula is C16H11N5OS2. The Kier molecular flexibility index (Phi) is 3.89. The van der Waals surface area contributed by atoms with Crippen molar-refractivity contribution in [1.82, 2.24) is 19.7 Å². The minimum absolute atomic E-state index is 0.248.